The van der Waals surface area contributed by atoms with Gasteiger partial charge in [-0.05, 0) is 56.5 Å². The summed E-state index contributed by atoms with van der Waals surface area (Å²) in [5, 5.41) is 2.78. The molecule has 1 aromatic rings. The van der Waals surface area contributed by atoms with Crippen molar-refractivity contribution in [3.63, 3.8) is 0 Å². The molecular formula is C13H20N2O. The Kier molecular flexibility index (Phi) is 3.93. The van der Waals surface area contributed by atoms with Gasteiger partial charge < -0.3 is 5.32 Å². The third-order valence-corrected chi connectivity index (χ3v) is 2.93. The fourth-order valence-electron chi connectivity index (χ4n) is 1.59. The molecule has 0 fully saturated rings. The van der Waals surface area contributed by atoms with Crippen molar-refractivity contribution < 1.29 is 4.79 Å². The predicted octanol–water partition coefficient (Wildman–Crippen LogP) is 2.78. The van der Waals surface area contributed by atoms with Crippen LogP contribution in [0.15, 0.2) is 12.1 Å². The third kappa shape index (κ3) is 2.54. The summed E-state index contributed by atoms with van der Waals surface area (Å²) >= 11 is 0. The Morgan fingerprint density at radius 3 is 2.19 bits per heavy atom. The van der Waals surface area contributed by atoms with Crippen LogP contribution >= 0.6 is 0 Å². The van der Waals surface area contributed by atoms with Crippen molar-refractivity contribution in [2.24, 2.45) is 0 Å². The number of urea groups is 1. The molecule has 0 aliphatic rings. The van der Waals surface area contributed by atoms with E-state index in [1.165, 1.54) is 16.7 Å². The lowest BCUT2D eigenvalue weighted by Crippen LogP contribution is -2.37. The lowest BCUT2D eigenvalue weighted by atomic mass is 10.0. The van der Waals surface area contributed by atoms with Gasteiger partial charge in [0.15, 0.2) is 0 Å². The Morgan fingerprint density at radius 2 is 1.75 bits per heavy atom. The van der Waals surface area contributed by atoms with Gasteiger partial charge >= 0.3 is 6.03 Å². The monoisotopic (exact) mass is 220 g/mol. The van der Waals surface area contributed by atoms with Crippen LogP contribution in [0.2, 0.25) is 0 Å². The van der Waals surface area contributed by atoms with Crippen molar-refractivity contribution >= 4 is 11.7 Å². The van der Waals surface area contributed by atoms with E-state index in [1.54, 1.807) is 11.9 Å². The van der Waals surface area contributed by atoms with Crippen LogP contribution in [0.4, 0.5) is 10.5 Å². The minimum absolute atomic E-state index is 0.0647. The minimum atomic E-state index is -0.0647. The summed E-state index contributed by atoms with van der Waals surface area (Å²) in [4.78, 5) is 13.3. The van der Waals surface area contributed by atoms with Crippen molar-refractivity contribution in [1.82, 2.24) is 5.32 Å². The van der Waals surface area contributed by atoms with Crippen LogP contribution in [0.1, 0.15) is 23.6 Å². The average molecular weight is 220 g/mol. The summed E-state index contributed by atoms with van der Waals surface area (Å²) in [5.41, 5.74) is 4.65. The fraction of sp³-hybridized carbons (Fsp3) is 0.462. The second-order valence-corrected chi connectivity index (χ2v) is 4.10. The van der Waals surface area contributed by atoms with Gasteiger partial charge in [0.2, 0.25) is 0 Å². The molecule has 0 heterocycles. The first-order chi connectivity index (χ1) is 7.47. The number of nitrogens with one attached hydrogen (secondary N) is 1. The number of rotatable bonds is 2. The number of benzene rings is 1. The summed E-state index contributed by atoms with van der Waals surface area (Å²) in [6.07, 6.45) is 0. The molecule has 1 aromatic carbocycles. The number of carbonyl (C=O) groups excluding carboxylic acids is 1. The molecule has 0 saturated heterocycles. The van der Waals surface area contributed by atoms with Crippen LogP contribution < -0.4 is 10.2 Å². The van der Waals surface area contributed by atoms with E-state index in [0.29, 0.717) is 6.54 Å². The van der Waals surface area contributed by atoms with Gasteiger partial charge in [-0.3, -0.25) is 4.90 Å². The zero-order chi connectivity index (χ0) is 12.3. The van der Waals surface area contributed by atoms with E-state index in [4.69, 9.17) is 0 Å². The molecule has 0 aliphatic heterocycles. The second kappa shape index (κ2) is 5.01. The van der Waals surface area contributed by atoms with E-state index in [1.807, 2.05) is 19.1 Å². The number of anilines is 1. The van der Waals surface area contributed by atoms with E-state index in [-0.39, 0.29) is 6.03 Å². The summed E-state index contributed by atoms with van der Waals surface area (Å²) in [7, 11) is 1.79. The number of aryl methyl sites for hydroxylation is 2. The second-order valence-electron chi connectivity index (χ2n) is 4.10. The molecule has 0 spiro atoms. The standard InChI is InChI=1S/C13H20N2O/c1-6-14-13(16)15(5)12-7-9(2)11(4)10(3)8-12/h7-8H,6H2,1-5H3,(H,14,16). The van der Waals surface area contributed by atoms with Gasteiger partial charge in [0.25, 0.3) is 0 Å². The fourth-order valence-corrected chi connectivity index (χ4v) is 1.59. The zero-order valence-corrected chi connectivity index (χ0v) is 10.7. The Morgan fingerprint density at radius 1 is 1.25 bits per heavy atom. The van der Waals surface area contributed by atoms with Crippen molar-refractivity contribution in [2.75, 3.05) is 18.5 Å². The highest BCUT2D eigenvalue weighted by molar-refractivity contribution is 5.91. The minimum Gasteiger partial charge on any atom is -0.338 e. The lowest BCUT2D eigenvalue weighted by Gasteiger charge is -2.19. The number of amides is 2. The Bertz CT molecular complexity index is 376. The van der Waals surface area contributed by atoms with Crippen LogP contribution in [-0.4, -0.2) is 19.6 Å². The molecule has 3 heteroatoms. The largest absolute Gasteiger partial charge is 0.338 e. The normalized spacial score (nSPS) is 10.1. The SMILES string of the molecule is CCNC(=O)N(C)c1cc(C)c(C)c(C)c1. The van der Waals surface area contributed by atoms with Gasteiger partial charge in [-0.15, -0.1) is 0 Å². The first kappa shape index (κ1) is 12.6. The van der Waals surface area contributed by atoms with Gasteiger partial charge in [-0.1, -0.05) is 0 Å². The highest BCUT2D eigenvalue weighted by Crippen LogP contribution is 2.21. The molecule has 3 nitrogen and oxygen atoms in total. The molecule has 0 unspecified atom stereocenters. The average Bonchev–Trinajstić information content (AvgIpc) is 2.24. The van der Waals surface area contributed by atoms with Crippen LogP contribution in [0.25, 0.3) is 0 Å². The quantitative estimate of drug-likeness (QED) is 0.816. The molecule has 88 valence electrons. The predicted molar refractivity (Wildman–Crippen MR) is 68.1 cm³/mol. The molecule has 0 atom stereocenters. The topological polar surface area (TPSA) is 32.3 Å². The first-order valence-corrected chi connectivity index (χ1v) is 5.56. The van der Waals surface area contributed by atoms with Crippen LogP contribution in [-0.2, 0) is 0 Å². The molecule has 0 aliphatic carbocycles. The van der Waals surface area contributed by atoms with Crippen LogP contribution in [0.3, 0.4) is 0 Å². The first-order valence-electron chi connectivity index (χ1n) is 5.56. The number of carbonyl (C=O) groups is 1. The van der Waals surface area contributed by atoms with E-state index in [9.17, 15) is 4.79 Å². The van der Waals surface area contributed by atoms with E-state index >= 15 is 0 Å². The number of hydrogen-bond acceptors (Lipinski definition) is 1. The number of nitrogens with zero attached hydrogens (tertiary/aromatic N) is 1. The molecular weight excluding hydrogens is 200 g/mol. The van der Waals surface area contributed by atoms with Crippen molar-refractivity contribution in [2.45, 2.75) is 27.7 Å². The maximum Gasteiger partial charge on any atom is 0.321 e. The molecule has 0 saturated carbocycles. The van der Waals surface area contributed by atoms with Crippen molar-refractivity contribution in [3.05, 3.63) is 28.8 Å². The maximum absolute atomic E-state index is 11.7. The van der Waals surface area contributed by atoms with Crippen molar-refractivity contribution in [1.29, 1.82) is 0 Å². The molecule has 1 rings (SSSR count). The summed E-state index contributed by atoms with van der Waals surface area (Å²) in [6.45, 7) is 8.79. The molecule has 1 N–H and O–H groups in total. The Hall–Kier alpha value is -1.51. The molecule has 0 bridgehead atoms. The zero-order valence-electron chi connectivity index (χ0n) is 10.7. The Balaban J connectivity index is 3.01. The van der Waals surface area contributed by atoms with Gasteiger partial charge in [-0.25, -0.2) is 4.79 Å². The van der Waals surface area contributed by atoms with E-state index in [2.05, 4.69) is 26.1 Å². The van der Waals surface area contributed by atoms with Gasteiger partial charge in [0.1, 0.15) is 0 Å². The van der Waals surface area contributed by atoms with Crippen LogP contribution in [0, 0.1) is 20.8 Å². The van der Waals surface area contributed by atoms with Gasteiger partial charge in [0.05, 0.1) is 0 Å². The molecule has 0 aromatic heterocycles. The van der Waals surface area contributed by atoms with Crippen molar-refractivity contribution in [3.8, 4) is 0 Å². The van der Waals surface area contributed by atoms with Gasteiger partial charge in [0, 0.05) is 19.3 Å². The number of hydrogen-bond donors (Lipinski definition) is 1. The lowest BCUT2D eigenvalue weighted by molar-refractivity contribution is 0.248. The van der Waals surface area contributed by atoms with E-state index in [0.717, 1.165) is 5.69 Å². The molecule has 0 radical (unpaired) electrons. The summed E-state index contributed by atoms with van der Waals surface area (Å²) in [5.74, 6) is 0. The van der Waals surface area contributed by atoms with Gasteiger partial charge in [-0.2, -0.15) is 0 Å². The highest BCUT2D eigenvalue weighted by Gasteiger charge is 2.11. The van der Waals surface area contributed by atoms with E-state index < -0.39 is 0 Å². The Labute approximate surface area is 97.5 Å². The molecule has 16 heavy (non-hydrogen) atoms. The maximum atomic E-state index is 11.7. The van der Waals surface area contributed by atoms with Crippen LogP contribution in [0.5, 0.6) is 0 Å². The highest BCUT2D eigenvalue weighted by atomic mass is 16.2. The third-order valence-electron chi connectivity index (χ3n) is 2.93. The summed E-state index contributed by atoms with van der Waals surface area (Å²) < 4.78 is 0. The summed E-state index contributed by atoms with van der Waals surface area (Å²) in [6, 6.07) is 4.01. The molecule has 2 amide bonds. The smallest absolute Gasteiger partial charge is 0.321 e.